The number of aliphatic hydroxyl groups excluding tert-OH is 1. The van der Waals surface area contributed by atoms with Crippen molar-refractivity contribution in [2.45, 2.75) is 19.4 Å². The molecule has 36 heavy (non-hydrogen) atoms. The standard InChI is InChI=1S/C27H31FN2O6/c1-3-36-21-10-7-19(17-22(21)34-2)24-23(25(31)18-5-8-20(28)9-6-18)26(32)27(33)30(24)12-4-11-29-13-15-35-16-14-29/h5-10,17,24,31H,3-4,11-16H2,1-2H3/t24-/m0/s1. The predicted molar refractivity (Wildman–Crippen MR) is 131 cm³/mol. The molecule has 0 aromatic heterocycles. The molecule has 2 aromatic rings. The highest BCUT2D eigenvalue weighted by Gasteiger charge is 2.46. The molecule has 1 amide bonds. The SMILES string of the molecule is CCOc1ccc([C@H]2C(=C(O)c3ccc(F)cc3)C(=O)C(=O)N2CCCN2CCOCC2)cc1OC. The minimum Gasteiger partial charge on any atom is -0.507 e. The molecular weight excluding hydrogens is 467 g/mol. The highest BCUT2D eigenvalue weighted by Crippen LogP contribution is 2.42. The molecule has 2 aliphatic heterocycles. The Bertz CT molecular complexity index is 1130. The van der Waals surface area contributed by atoms with Gasteiger partial charge in [0, 0.05) is 31.7 Å². The smallest absolute Gasteiger partial charge is 0.295 e. The number of morpholine rings is 1. The minimum absolute atomic E-state index is 0.0378. The second-order valence-electron chi connectivity index (χ2n) is 8.65. The van der Waals surface area contributed by atoms with Crippen LogP contribution in [0.2, 0.25) is 0 Å². The van der Waals surface area contributed by atoms with Gasteiger partial charge in [0.1, 0.15) is 11.6 Å². The van der Waals surface area contributed by atoms with Crippen LogP contribution < -0.4 is 9.47 Å². The Morgan fingerprint density at radius 2 is 1.81 bits per heavy atom. The number of amides is 1. The molecule has 2 saturated heterocycles. The third-order valence-corrected chi connectivity index (χ3v) is 6.44. The summed E-state index contributed by atoms with van der Waals surface area (Å²) in [7, 11) is 1.51. The third-order valence-electron chi connectivity index (χ3n) is 6.44. The lowest BCUT2D eigenvalue weighted by Gasteiger charge is -2.29. The number of halogens is 1. The molecule has 0 bridgehead atoms. The van der Waals surface area contributed by atoms with E-state index < -0.39 is 23.5 Å². The van der Waals surface area contributed by atoms with Crippen molar-refractivity contribution in [3.8, 4) is 11.5 Å². The van der Waals surface area contributed by atoms with Crippen LogP contribution in [0.5, 0.6) is 11.5 Å². The van der Waals surface area contributed by atoms with Gasteiger partial charge in [-0.15, -0.1) is 0 Å². The molecule has 0 radical (unpaired) electrons. The van der Waals surface area contributed by atoms with Crippen molar-refractivity contribution < 1.29 is 33.3 Å². The Morgan fingerprint density at radius 1 is 1.08 bits per heavy atom. The average Bonchev–Trinajstić information content (AvgIpc) is 3.15. The number of methoxy groups -OCH3 is 1. The van der Waals surface area contributed by atoms with Gasteiger partial charge in [0.2, 0.25) is 0 Å². The lowest BCUT2D eigenvalue weighted by atomic mass is 9.95. The fourth-order valence-electron chi connectivity index (χ4n) is 4.64. The zero-order valence-corrected chi connectivity index (χ0v) is 20.5. The number of hydrogen-bond acceptors (Lipinski definition) is 7. The third kappa shape index (κ3) is 5.37. The van der Waals surface area contributed by atoms with Crippen molar-refractivity contribution in [1.82, 2.24) is 9.80 Å². The van der Waals surface area contributed by atoms with Crippen molar-refractivity contribution in [2.75, 3.05) is 53.1 Å². The van der Waals surface area contributed by atoms with Gasteiger partial charge < -0.3 is 24.2 Å². The van der Waals surface area contributed by atoms with Crippen LogP contribution in [0.4, 0.5) is 4.39 Å². The maximum Gasteiger partial charge on any atom is 0.295 e. The second-order valence-corrected chi connectivity index (χ2v) is 8.65. The van der Waals surface area contributed by atoms with Crippen LogP contribution in [0.25, 0.3) is 5.76 Å². The normalized spacial score (nSPS) is 20.1. The molecule has 2 fully saturated rings. The van der Waals surface area contributed by atoms with E-state index >= 15 is 0 Å². The number of aliphatic hydroxyl groups is 1. The lowest BCUT2D eigenvalue weighted by Crippen LogP contribution is -2.39. The molecule has 0 aliphatic carbocycles. The van der Waals surface area contributed by atoms with Crippen LogP contribution in [-0.2, 0) is 14.3 Å². The number of Topliss-reactive ketones (excluding diaryl/α,β-unsaturated/α-hetero) is 1. The lowest BCUT2D eigenvalue weighted by molar-refractivity contribution is -0.140. The molecule has 1 N–H and O–H groups in total. The van der Waals surface area contributed by atoms with Gasteiger partial charge in [-0.3, -0.25) is 14.5 Å². The summed E-state index contributed by atoms with van der Waals surface area (Å²) in [5, 5.41) is 11.1. The van der Waals surface area contributed by atoms with Crippen LogP contribution in [0.3, 0.4) is 0 Å². The molecule has 2 aromatic carbocycles. The molecule has 9 heteroatoms. The molecule has 8 nitrogen and oxygen atoms in total. The van der Waals surface area contributed by atoms with Crippen LogP contribution in [0.15, 0.2) is 48.0 Å². The average molecular weight is 499 g/mol. The fourth-order valence-corrected chi connectivity index (χ4v) is 4.64. The van der Waals surface area contributed by atoms with Crippen molar-refractivity contribution in [1.29, 1.82) is 0 Å². The number of ether oxygens (including phenoxy) is 3. The van der Waals surface area contributed by atoms with Gasteiger partial charge in [0.05, 0.1) is 38.5 Å². The summed E-state index contributed by atoms with van der Waals surface area (Å²) in [6, 6.07) is 9.53. The first-order valence-electron chi connectivity index (χ1n) is 12.1. The monoisotopic (exact) mass is 498 g/mol. The quantitative estimate of drug-likeness (QED) is 0.322. The summed E-state index contributed by atoms with van der Waals surface area (Å²) in [5.41, 5.74) is 0.819. The second kappa shape index (κ2) is 11.5. The summed E-state index contributed by atoms with van der Waals surface area (Å²) < 4.78 is 30.0. The van der Waals surface area contributed by atoms with Crippen molar-refractivity contribution in [3.63, 3.8) is 0 Å². The highest BCUT2D eigenvalue weighted by molar-refractivity contribution is 6.46. The number of benzene rings is 2. The molecular formula is C27H31FN2O6. The summed E-state index contributed by atoms with van der Waals surface area (Å²) in [5.74, 6) is -1.29. The van der Waals surface area contributed by atoms with E-state index in [0.29, 0.717) is 49.8 Å². The molecule has 0 spiro atoms. The first kappa shape index (κ1) is 25.7. The van der Waals surface area contributed by atoms with Gasteiger partial charge in [-0.25, -0.2) is 4.39 Å². The summed E-state index contributed by atoms with van der Waals surface area (Å²) in [6.07, 6.45) is 0.647. The summed E-state index contributed by atoms with van der Waals surface area (Å²) >= 11 is 0. The van der Waals surface area contributed by atoms with Crippen LogP contribution in [-0.4, -0.2) is 79.7 Å². The number of likely N-dealkylation sites (tertiary alicyclic amines) is 1. The van der Waals surface area contributed by atoms with E-state index in [0.717, 1.165) is 19.6 Å². The molecule has 1 atom stereocenters. The van der Waals surface area contributed by atoms with E-state index in [1.165, 1.54) is 36.3 Å². The number of rotatable bonds is 9. The number of hydrogen-bond donors (Lipinski definition) is 1. The van der Waals surface area contributed by atoms with Crippen molar-refractivity contribution >= 4 is 17.4 Å². The van der Waals surface area contributed by atoms with Crippen LogP contribution in [0, 0.1) is 5.82 Å². The summed E-state index contributed by atoms with van der Waals surface area (Å²) in [4.78, 5) is 30.1. The molecule has 2 aliphatic rings. The zero-order valence-electron chi connectivity index (χ0n) is 20.5. The number of carbonyl (C=O) groups excluding carboxylic acids is 2. The van der Waals surface area contributed by atoms with E-state index in [1.807, 2.05) is 6.92 Å². The fraction of sp³-hybridized carbons (Fsp3) is 0.407. The molecule has 0 unspecified atom stereocenters. The van der Waals surface area contributed by atoms with Gasteiger partial charge >= 0.3 is 0 Å². The van der Waals surface area contributed by atoms with E-state index in [-0.39, 0.29) is 16.9 Å². The van der Waals surface area contributed by atoms with Gasteiger partial charge in [0.15, 0.2) is 11.5 Å². The predicted octanol–water partition coefficient (Wildman–Crippen LogP) is 3.38. The van der Waals surface area contributed by atoms with Crippen molar-refractivity contribution in [2.24, 2.45) is 0 Å². The topological polar surface area (TPSA) is 88.5 Å². The van der Waals surface area contributed by atoms with Gasteiger partial charge in [-0.2, -0.15) is 0 Å². The summed E-state index contributed by atoms with van der Waals surface area (Å²) in [6.45, 7) is 6.37. The van der Waals surface area contributed by atoms with Gasteiger partial charge in [-0.1, -0.05) is 6.07 Å². The first-order valence-corrected chi connectivity index (χ1v) is 12.1. The van der Waals surface area contributed by atoms with Gasteiger partial charge in [-0.05, 0) is 55.3 Å². The Morgan fingerprint density at radius 3 is 2.47 bits per heavy atom. The molecule has 192 valence electrons. The number of carbonyl (C=O) groups is 2. The van der Waals surface area contributed by atoms with Crippen LogP contribution in [0.1, 0.15) is 30.5 Å². The maximum atomic E-state index is 13.5. The molecule has 4 rings (SSSR count). The van der Waals surface area contributed by atoms with Crippen molar-refractivity contribution in [3.05, 3.63) is 65.0 Å². The molecule has 0 saturated carbocycles. The zero-order chi connectivity index (χ0) is 25.7. The Hall–Kier alpha value is -3.43. The largest absolute Gasteiger partial charge is 0.507 e. The number of nitrogens with zero attached hydrogens (tertiary/aromatic N) is 2. The van der Waals surface area contributed by atoms with E-state index in [1.54, 1.807) is 18.2 Å². The molecule has 2 heterocycles. The first-order chi connectivity index (χ1) is 17.4. The van der Waals surface area contributed by atoms with Gasteiger partial charge in [0.25, 0.3) is 11.7 Å². The Kier molecular flexibility index (Phi) is 8.22. The Balaban J connectivity index is 1.71. The maximum absolute atomic E-state index is 13.5. The Labute approximate surface area is 209 Å². The van der Waals surface area contributed by atoms with E-state index in [9.17, 15) is 19.1 Å². The highest BCUT2D eigenvalue weighted by atomic mass is 19.1. The number of ketones is 1. The van der Waals surface area contributed by atoms with E-state index in [4.69, 9.17) is 14.2 Å². The van der Waals surface area contributed by atoms with Crippen LogP contribution >= 0.6 is 0 Å². The van der Waals surface area contributed by atoms with E-state index in [2.05, 4.69) is 4.90 Å². The minimum atomic E-state index is -0.829.